The summed E-state index contributed by atoms with van der Waals surface area (Å²) in [6.07, 6.45) is 5.15. The first-order valence-electron chi connectivity index (χ1n) is 8.06. The number of para-hydroxylation sites is 1. The molecule has 2 unspecified atom stereocenters. The Bertz CT molecular complexity index is 604. The number of halogens is 1. The van der Waals surface area contributed by atoms with E-state index in [0.717, 1.165) is 23.3 Å². The molecule has 0 aliphatic heterocycles. The molecule has 3 heteroatoms. The highest BCUT2D eigenvalue weighted by atomic mass is 35.5. The van der Waals surface area contributed by atoms with E-state index in [2.05, 4.69) is 31.3 Å². The van der Waals surface area contributed by atoms with Gasteiger partial charge < -0.3 is 9.73 Å². The standard InChI is InChI=1S/C18H24ClNO/c1-12(2)20-11-14-6-3-4-8-15(14)17-10-13-7-5-9-16(19)18(13)21-17/h5,7,9-10,12,14-15,20H,3-4,6,8,11H2,1-2H3. The maximum absolute atomic E-state index is 6.24. The van der Waals surface area contributed by atoms with Gasteiger partial charge in [-0.2, -0.15) is 0 Å². The minimum atomic E-state index is 0.522. The summed E-state index contributed by atoms with van der Waals surface area (Å²) in [5.74, 6) is 2.31. The minimum Gasteiger partial charge on any atom is -0.459 e. The molecule has 1 aromatic heterocycles. The molecule has 2 nitrogen and oxygen atoms in total. The molecule has 0 bridgehead atoms. The third-order valence-electron chi connectivity index (χ3n) is 4.58. The third-order valence-corrected chi connectivity index (χ3v) is 4.88. The quantitative estimate of drug-likeness (QED) is 0.822. The number of nitrogens with one attached hydrogen (secondary N) is 1. The van der Waals surface area contributed by atoms with Crippen LogP contribution in [0.1, 0.15) is 51.2 Å². The van der Waals surface area contributed by atoms with Gasteiger partial charge in [0.1, 0.15) is 5.76 Å². The number of hydrogen-bond donors (Lipinski definition) is 1. The highest BCUT2D eigenvalue weighted by Gasteiger charge is 2.29. The predicted octanol–water partition coefficient (Wildman–Crippen LogP) is 5.36. The van der Waals surface area contributed by atoms with E-state index in [1.54, 1.807) is 0 Å². The van der Waals surface area contributed by atoms with Crippen LogP contribution in [0.3, 0.4) is 0 Å². The fourth-order valence-corrected chi connectivity index (χ4v) is 3.66. The maximum atomic E-state index is 6.24. The van der Waals surface area contributed by atoms with Crippen molar-refractivity contribution in [2.24, 2.45) is 5.92 Å². The van der Waals surface area contributed by atoms with Crippen LogP contribution in [0.4, 0.5) is 0 Å². The zero-order valence-corrected chi connectivity index (χ0v) is 13.6. The Labute approximate surface area is 131 Å². The number of rotatable bonds is 4. The van der Waals surface area contributed by atoms with Crippen LogP contribution in [0.2, 0.25) is 5.02 Å². The monoisotopic (exact) mass is 305 g/mol. The van der Waals surface area contributed by atoms with E-state index in [1.807, 2.05) is 12.1 Å². The van der Waals surface area contributed by atoms with Crippen LogP contribution in [0.25, 0.3) is 11.0 Å². The second-order valence-corrected chi connectivity index (χ2v) is 6.93. The van der Waals surface area contributed by atoms with Gasteiger partial charge in [0.15, 0.2) is 5.58 Å². The Hall–Kier alpha value is -0.990. The van der Waals surface area contributed by atoms with E-state index in [1.165, 1.54) is 25.7 Å². The van der Waals surface area contributed by atoms with Gasteiger partial charge in [-0.15, -0.1) is 0 Å². The zero-order chi connectivity index (χ0) is 14.8. The molecule has 2 aromatic rings. The first-order chi connectivity index (χ1) is 10.1. The average Bonchev–Trinajstić information content (AvgIpc) is 2.91. The summed E-state index contributed by atoms with van der Waals surface area (Å²) in [5, 5.41) is 5.43. The lowest BCUT2D eigenvalue weighted by molar-refractivity contribution is 0.263. The molecule has 1 N–H and O–H groups in total. The van der Waals surface area contributed by atoms with Crippen LogP contribution in [0, 0.1) is 5.92 Å². The van der Waals surface area contributed by atoms with Gasteiger partial charge in [0.05, 0.1) is 5.02 Å². The van der Waals surface area contributed by atoms with Crippen LogP contribution in [0.15, 0.2) is 28.7 Å². The van der Waals surface area contributed by atoms with Crippen molar-refractivity contribution < 1.29 is 4.42 Å². The van der Waals surface area contributed by atoms with E-state index < -0.39 is 0 Å². The molecular weight excluding hydrogens is 282 g/mol. The molecule has 1 fully saturated rings. The third kappa shape index (κ3) is 3.27. The van der Waals surface area contributed by atoms with E-state index >= 15 is 0 Å². The SMILES string of the molecule is CC(C)NCC1CCCCC1c1cc2cccc(Cl)c2o1. The van der Waals surface area contributed by atoms with E-state index in [9.17, 15) is 0 Å². The molecule has 2 atom stereocenters. The summed E-state index contributed by atoms with van der Waals surface area (Å²) < 4.78 is 6.12. The van der Waals surface area contributed by atoms with Crippen molar-refractivity contribution in [2.45, 2.75) is 51.5 Å². The van der Waals surface area contributed by atoms with Crippen LogP contribution < -0.4 is 5.32 Å². The first-order valence-corrected chi connectivity index (χ1v) is 8.44. The van der Waals surface area contributed by atoms with Gasteiger partial charge in [0.25, 0.3) is 0 Å². The van der Waals surface area contributed by atoms with Crippen molar-refractivity contribution in [1.29, 1.82) is 0 Å². The summed E-state index contributed by atoms with van der Waals surface area (Å²) >= 11 is 6.24. The van der Waals surface area contributed by atoms with Gasteiger partial charge in [0.2, 0.25) is 0 Å². The van der Waals surface area contributed by atoms with Crippen molar-refractivity contribution in [3.05, 3.63) is 35.0 Å². The van der Waals surface area contributed by atoms with Crippen molar-refractivity contribution >= 4 is 22.6 Å². The van der Waals surface area contributed by atoms with E-state index in [0.29, 0.717) is 22.9 Å². The molecule has 0 radical (unpaired) electrons. The molecule has 114 valence electrons. The summed E-state index contributed by atoms with van der Waals surface area (Å²) in [7, 11) is 0. The Morgan fingerprint density at radius 1 is 1.29 bits per heavy atom. The average molecular weight is 306 g/mol. The molecule has 0 spiro atoms. The lowest BCUT2D eigenvalue weighted by Gasteiger charge is -2.31. The van der Waals surface area contributed by atoms with Gasteiger partial charge in [-0.3, -0.25) is 0 Å². The fraction of sp³-hybridized carbons (Fsp3) is 0.556. The molecule has 0 saturated heterocycles. The Morgan fingerprint density at radius 2 is 2.10 bits per heavy atom. The van der Waals surface area contributed by atoms with Gasteiger partial charge >= 0.3 is 0 Å². The molecule has 21 heavy (non-hydrogen) atoms. The highest BCUT2D eigenvalue weighted by molar-refractivity contribution is 6.34. The Balaban J connectivity index is 1.85. The molecule has 1 aliphatic carbocycles. The topological polar surface area (TPSA) is 25.2 Å². The summed E-state index contributed by atoms with van der Waals surface area (Å²) in [5.41, 5.74) is 0.843. The van der Waals surface area contributed by atoms with Gasteiger partial charge in [-0.05, 0) is 37.4 Å². The smallest absolute Gasteiger partial charge is 0.152 e. The van der Waals surface area contributed by atoms with Crippen molar-refractivity contribution in [3.8, 4) is 0 Å². The number of fused-ring (bicyclic) bond motifs is 1. The largest absolute Gasteiger partial charge is 0.459 e. The molecule has 0 amide bonds. The maximum Gasteiger partial charge on any atom is 0.152 e. The lowest BCUT2D eigenvalue weighted by atomic mass is 9.77. The Kier molecular flexibility index (Phi) is 4.56. The van der Waals surface area contributed by atoms with Crippen molar-refractivity contribution in [2.75, 3.05) is 6.54 Å². The fourth-order valence-electron chi connectivity index (χ4n) is 3.44. The number of hydrogen-bond acceptors (Lipinski definition) is 2. The molecule has 3 rings (SSSR count). The summed E-state index contributed by atoms with van der Waals surface area (Å²) in [6, 6.07) is 8.70. The van der Waals surface area contributed by atoms with Crippen LogP contribution in [0.5, 0.6) is 0 Å². The van der Waals surface area contributed by atoms with Crippen LogP contribution in [-0.2, 0) is 0 Å². The lowest BCUT2D eigenvalue weighted by Crippen LogP contribution is -2.33. The predicted molar refractivity (Wildman–Crippen MR) is 89.1 cm³/mol. The molecule has 1 aliphatic rings. The van der Waals surface area contributed by atoms with E-state index in [-0.39, 0.29) is 0 Å². The molecule has 1 heterocycles. The van der Waals surface area contributed by atoms with E-state index in [4.69, 9.17) is 16.0 Å². The second-order valence-electron chi connectivity index (χ2n) is 6.52. The number of benzene rings is 1. The first kappa shape index (κ1) is 14.9. The second kappa shape index (κ2) is 6.41. The van der Waals surface area contributed by atoms with Crippen LogP contribution >= 0.6 is 11.6 Å². The summed E-state index contributed by atoms with van der Waals surface area (Å²) in [6.45, 7) is 5.49. The van der Waals surface area contributed by atoms with Crippen molar-refractivity contribution in [1.82, 2.24) is 5.32 Å². The minimum absolute atomic E-state index is 0.522. The highest BCUT2D eigenvalue weighted by Crippen LogP contribution is 2.40. The molecule has 1 aromatic carbocycles. The normalized spacial score (nSPS) is 23.0. The molecule has 1 saturated carbocycles. The van der Waals surface area contributed by atoms with Gasteiger partial charge in [-0.1, -0.05) is 50.4 Å². The van der Waals surface area contributed by atoms with Gasteiger partial charge in [0, 0.05) is 17.3 Å². The zero-order valence-electron chi connectivity index (χ0n) is 12.9. The Morgan fingerprint density at radius 3 is 2.86 bits per heavy atom. The summed E-state index contributed by atoms with van der Waals surface area (Å²) in [4.78, 5) is 0. The van der Waals surface area contributed by atoms with Gasteiger partial charge in [-0.25, -0.2) is 0 Å². The molecular formula is C18H24ClNO. The van der Waals surface area contributed by atoms with Crippen molar-refractivity contribution in [3.63, 3.8) is 0 Å². The van der Waals surface area contributed by atoms with Crippen LogP contribution in [-0.4, -0.2) is 12.6 Å². The number of furan rings is 1.